The van der Waals surface area contributed by atoms with E-state index in [1.54, 1.807) is 0 Å². The Morgan fingerprint density at radius 1 is 0.289 bits per heavy atom. The first kappa shape index (κ1) is 95.1. The minimum absolute atomic E-state index is 0.105. The second kappa shape index (κ2) is 67.2. The van der Waals surface area contributed by atoms with Crippen LogP contribution in [0.2, 0.25) is 0 Å². The molecule has 0 aliphatic rings. The topological polar surface area (TPSA) is 237 Å². The normalized spacial score (nSPS) is 14.9. The number of rotatable bonds is 75. The van der Waals surface area contributed by atoms with E-state index in [9.17, 15) is 43.2 Å². The maximum Gasteiger partial charge on any atom is 0.472 e. The minimum atomic E-state index is -4.96. The van der Waals surface area contributed by atoms with Crippen LogP contribution >= 0.6 is 15.6 Å². The number of aliphatic hydroxyl groups excluding tert-OH is 1. The molecule has 0 saturated carbocycles. The Hall–Kier alpha value is -1.94. The lowest BCUT2D eigenvalue weighted by molar-refractivity contribution is -0.161. The second-order valence-corrected chi connectivity index (χ2v) is 32.2. The third-order valence-corrected chi connectivity index (χ3v) is 21.1. The lowest BCUT2D eigenvalue weighted by Crippen LogP contribution is -2.30. The second-order valence-electron chi connectivity index (χ2n) is 29.3. The first-order valence-electron chi connectivity index (χ1n) is 40.3. The fourth-order valence-corrected chi connectivity index (χ4v) is 13.4. The smallest absolute Gasteiger partial charge is 0.462 e. The number of aliphatic hydroxyl groups is 1. The Morgan fingerprint density at radius 3 is 0.732 bits per heavy atom. The highest BCUT2D eigenvalue weighted by Gasteiger charge is 2.30. The molecule has 8 atom stereocenters. The van der Waals surface area contributed by atoms with Crippen molar-refractivity contribution in [1.29, 1.82) is 0 Å². The Morgan fingerprint density at radius 2 is 0.495 bits per heavy atom. The summed E-state index contributed by atoms with van der Waals surface area (Å²) in [7, 11) is -9.92. The van der Waals surface area contributed by atoms with Gasteiger partial charge in [-0.2, -0.15) is 0 Å². The van der Waals surface area contributed by atoms with Gasteiger partial charge in [0.2, 0.25) is 0 Å². The summed E-state index contributed by atoms with van der Waals surface area (Å²) >= 11 is 0. The van der Waals surface area contributed by atoms with Crippen molar-refractivity contribution in [3.05, 3.63) is 0 Å². The standard InChI is InChI=1S/C78H152O17P2/c1-9-69(6)55-47-39-31-25-20-18-16-14-12-13-15-17-19-21-26-34-44-52-60-77(82)94-73(64-88-75(80)58-50-42-33-29-28-32-40-48-56-70(7)10-2)66-92-96(84,85)90-62-72(79)63-91-97(86,87)93-67-74(65-89-76(81)59-51-43-37-36-41-49-57-71(8)11-3)95-78(83)61-53-45-35-27-23-22-24-30-38-46-54-68(4)5/h68-74,79H,9-67H2,1-8H3,(H,84,85)(H,86,87)/t69?,70?,71?,72-,73-,74-/m1/s1. The summed E-state index contributed by atoms with van der Waals surface area (Å²) in [6.07, 6.45) is 52.8. The summed E-state index contributed by atoms with van der Waals surface area (Å²) in [4.78, 5) is 72.8. The predicted molar refractivity (Wildman–Crippen MR) is 395 cm³/mol. The lowest BCUT2D eigenvalue weighted by Gasteiger charge is -2.21. The number of esters is 4. The van der Waals surface area contributed by atoms with E-state index in [1.165, 1.54) is 193 Å². The van der Waals surface area contributed by atoms with E-state index in [4.69, 9.17) is 37.0 Å². The zero-order valence-corrected chi connectivity index (χ0v) is 65.5. The zero-order chi connectivity index (χ0) is 71.7. The molecule has 0 aromatic rings. The molecule has 576 valence electrons. The van der Waals surface area contributed by atoms with E-state index < -0.39 is 97.5 Å². The van der Waals surface area contributed by atoms with Crippen molar-refractivity contribution in [3.63, 3.8) is 0 Å². The van der Waals surface area contributed by atoms with E-state index in [0.717, 1.165) is 120 Å². The van der Waals surface area contributed by atoms with Crippen LogP contribution in [-0.4, -0.2) is 96.7 Å². The Balaban J connectivity index is 5.20. The minimum Gasteiger partial charge on any atom is -0.462 e. The van der Waals surface area contributed by atoms with Crippen LogP contribution in [0.1, 0.15) is 396 Å². The molecule has 0 fully saturated rings. The fourth-order valence-electron chi connectivity index (χ4n) is 11.8. The molecular weight excluding hydrogens is 1270 g/mol. The van der Waals surface area contributed by atoms with Crippen molar-refractivity contribution in [2.75, 3.05) is 39.6 Å². The van der Waals surface area contributed by atoms with Crippen LogP contribution in [0.25, 0.3) is 0 Å². The van der Waals surface area contributed by atoms with Gasteiger partial charge in [0.15, 0.2) is 12.2 Å². The Labute approximate surface area is 594 Å². The number of hydrogen-bond acceptors (Lipinski definition) is 15. The van der Waals surface area contributed by atoms with Gasteiger partial charge in [-0.05, 0) is 49.4 Å². The van der Waals surface area contributed by atoms with Crippen LogP contribution in [0.15, 0.2) is 0 Å². The van der Waals surface area contributed by atoms with Gasteiger partial charge in [-0.25, -0.2) is 9.13 Å². The third kappa shape index (κ3) is 68.3. The molecule has 0 amide bonds. The van der Waals surface area contributed by atoms with Crippen molar-refractivity contribution in [2.45, 2.75) is 414 Å². The molecule has 0 radical (unpaired) electrons. The van der Waals surface area contributed by atoms with Crippen molar-refractivity contribution >= 4 is 39.5 Å². The molecule has 0 aliphatic carbocycles. The van der Waals surface area contributed by atoms with Crippen LogP contribution < -0.4 is 0 Å². The lowest BCUT2D eigenvalue weighted by atomic mass is 9.99. The van der Waals surface area contributed by atoms with Gasteiger partial charge in [0.1, 0.15) is 19.3 Å². The number of phosphoric acid groups is 2. The van der Waals surface area contributed by atoms with Crippen LogP contribution in [0.5, 0.6) is 0 Å². The summed E-state index contributed by atoms with van der Waals surface area (Å²) in [5, 5.41) is 10.6. The predicted octanol–water partition coefficient (Wildman–Crippen LogP) is 22.8. The van der Waals surface area contributed by atoms with Crippen molar-refractivity contribution in [3.8, 4) is 0 Å². The van der Waals surface area contributed by atoms with Crippen LogP contribution in [-0.2, 0) is 65.4 Å². The highest BCUT2D eigenvalue weighted by Crippen LogP contribution is 2.45. The van der Waals surface area contributed by atoms with Gasteiger partial charge < -0.3 is 33.8 Å². The molecule has 0 aliphatic heterocycles. The maximum absolute atomic E-state index is 13.1. The molecule has 0 heterocycles. The highest BCUT2D eigenvalue weighted by atomic mass is 31.2. The molecule has 0 bridgehead atoms. The summed E-state index contributed by atoms with van der Waals surface area (Å²) in [6, 6.07) is 0. The summed E-state index contributed by atoms with van der Waals surface area (Å²) in [5.74, 6) is 1.01. The van der Waals surface area contributed by atoms with E-state index in [-0.39, 0.29) is 25.7 Å². The number of carbonyl (C=O) groups excluding carboxylic acids is 4. The van der Waals surface area contributed by atoms with Crippen molar-refractivity contribution in [2.24, 2.45) is 23.7 Å². The first-order chi connectivity index (χ1) is 46.7. The summed E-state index contributed by atoms with van der Waals surface area (Å²) in [6.45, 7) is 14.2. The molecule has 3 N–H and O–H groups in total. The van der Waals surface area contributed by atoms with E-state index >= 15 is 0 Å². The first-order valence-corrected chi connectivity index (χ1v) is 43.3. The van der Waals surface area contributed by atoms with Crippen LogP contribution in [0.4, 0.5) is 0 Å². The molecule has 0 saturated heterocycles. The molecular formula is C78H152O17P2. The number of hydrogen-bond donors (Lipinski definition) is 3. The van der Waals surface area contributed by atoms with Crippen molar-refractivity contribution < 1.29 is 80.2 Å². The zero-order valence-electron chi connectivity index (χ0n) is 63.7. The quantitative estimate of drug-likeness (QED) is 0.0222. The van der Waals surface area contributed by atoms with E-state index in [1.807, 2.05) is 0 Å². The third-order valence-electron chi connectivity index (χ3n) is 19.2. The molecule has 97 heavy (non-hydrogen) atoms. The Kier molecular flexibility index (Phi) is 65.9. The monoisotopic (exact) mass is 1420 g/mol. The largest absolute Gasteiger partial charge is 0.472 e. The fraction of sp³-hybridized carbons (Fsp3) is 0.949. The number of carbonyl (C=O) groups is 4. The van der Waals surface area contributed by atoms with Gasteiger partial charge in [0, 0.05) is 25.7 Å². The van der Waals surface area contributed by atoms with Crippen LogP contribution in [0, 0.1) is 23.7 Å². The van der Waals surface area contributed by atoms with E-state index in [2.05, 4.69) is 55.4 Å². The van der Waals surface area contributed by atoms with Crippen molar-refractivity contribution in [1.82, 2.24) is 0 Å². The van der Waals surface area contributed by atoms with E-state index in [0.29, 0.717) is 25.7 Å². The molecule has 17 nitrogen and oxygen atoms in total. The highest BCUT2D eigenvalue weighted by molar-refractivity contribution is 7.47. The molecule has 19 heteroatoms. The summed E-state index contributed by atoms with van der Waals surface area (Å²) in [5.41, 5.74) is 0. The van der Waals surface area contributed by atoms with Gasteiger partial charge in [0.25, 0.3) is 0 Å². The molecule has 0 aromatic carbocycles. The van der Waals surface area contributed by atoms with Gasteiger partial charge >= 0.3 is 39.5 Å². The molecule has 0 rings (SSSR count). The number of ether oxygens (including phenoxy) is 4. The number of phosphoric ester groups is 2. The van der Waals surface area contributed by atoms with Gasteiger partial charge in [-0.1, -0.05) is 344 Å². The Bertz CT molecular complexity index is 1910. The average molecular weight is 1420 g/mol. The SMILES string of the molecule is CCC(C)CCCCCCCCCCCCCCCCCCCCC(=O)O[C@H](COC(=O)CCCCCCCCCCC(C)CC)COP(=O)(O)OC[C@@H](O)COP(=O)(O)OC[C@@H](COC(=O)CCCCCCCCC(C)CC)OC(=O)CCCCCCCCCCCCC(C)C. The maximum atomic E-state index is 13.1. The van der Waals surface area contributed by atoms with Gasteiger partial charge in [0.05, 0.1) is 26.4 Å². The average Bonchev–Trinajstić information content (AvgIpc) is 2.33. The molecule has 0 aromatic heterocycles. The van der Waals surface area contributed by atoms with Gasteiger partial charge in [-0.15, -0.1) is 0 Å². The van der Waals surface area contributed by atoms with Crippen LogP contribution in [0.3, 0.4) is 0 Å². The molecule has 5 unspecified atom stereocenters. The molecule has 0 spiro atoms. The summed E-state index contributed by atoms with van der Waals surface area (Å²) < 4.78 is 68.6. The number of unbranched alkanes of at least 4 members (excludes halogenated alkanes) is 38. The van der Waals surface area contributed by atoms with Gasteiger partial charge in [-0.3, -0.25) is 37.3 Å².